The molecule has 1 aliphatic carbocycles. The number of allylic oxidation sites excluding steroid dienone is 3. The number of sulfone groups is 1. The molecular formula is C35H26N2O2S. The third-order valence-electron chi connectivity index (χ3n) is 7.77. The van der Waals surface area contributed by atoms with E-state index < -0.39 is 9.84 Å². The number of nitrogens with zero attached hydrogens (tertiary/aromatic N) is 2. The number of azo groups is 1. The van der Waals surface area contributed by atoms with Gasteiger partial charge in [-0.3, -0.25) is 0 Å². The molecule has 0 aliphatic heterocycles. The summed E-state index contributed by atoms with van der Waals surface area (Å²) in [4.78, 5) is 0. The predicted molar refractivity (Wildman–Crippen MR) is 168 cm³/mol. The fraction of sp³-hybridized carbons (Fsp3) is 0.0857. The number of rotatable bonds is 6. The van der Waals surface area contributed by atoms with Gasteiger partial charge in [0, 0.05) is 11.7 Å². The molecule has 6 aromatic rings. The first-order valence-corrected chi connectivity index (χ1v) is 15.2. The van der Waals surface area contributed by atoms with Crippen LogP contribution in [0.2, 0.25) is 0 Å². The zero-order valence-corrected chi connectivity index (χ0v) is 22.9. The lowest BCUT2D eigenvalue weighted by Gasteiger charge is -2.22. The topological polar surface area (TPSA) is 58.9 Å². The first-order valence-electron chi connectivity index (χ1n) is 13.3. The maximum Gasteiger partial charge on any atom is 0.168 e. The predicted octanol–water partition coefficient (Wildman–Crippen LogP) is 8.56. The summed E-state index contributed by atoms with van der Waals surface area (Å²) in [5.74, 6) is 0. The van der Waals surface area contributed by atoms with Gasteiger partial charge in [0.05, 0.1) is 11.4 Å². The molecule has 0 N–H and O–H groups in total. The Morgan fingerprint density at radius 3 is 2.48 bits per heavy atom. The molecule has 4 nitrogen and oxygen atoms in total. The van der Waals surface area contributed by atoms with Crippen molar-refractivity contribution in [2.45, 2.75) is 12.8 Å². The summed E-state index contributed by atoms with van der Waals surface area (Å²) >= 11 is 0. The molecule has 6 aromatic carbocycles. The van der Waals surface area contributed by atoms with Crippen molar-refractivity contribution in [3.05, 3.63) is 119 Å². The van der Waals surface area contributed by atoms with Crippen LogP contribution in [-0.2, 0) is 16.3 Å². The molecule has 0 radical (unpaired) electrons. The highest BCUT2D eigenvalue weighted by Gasteiger charge is 2.21. The maximum atomic E-state index is 11.3. The summed E-state index contributed by atoms with van der Waals surface area (Å²) < 4.78 is 22.7. The first-order chi connectivity index (χ1) is 19.4. The lowest BCUT2D eigenvalue weighted by molar-refractivity contribution is 0.610. The van der Waals surface area contributed by atoms with Crippen LogP contribution in [0.1, 0.15) is 12.0 Å². The third kappa shape index (κ3) is 4.02. The van der Waals surface area contributed by atoms with E-state index in [9.17, 15) is 8.42 Å². The Hall–Kier alpha value is -4.61. The highest BCUT2D eigenvalue weighted by molar-refractivity contribution is 7.93. The van der Waals surface area contributed by atoms with Gasteiger partial charge < -0.3 is 0 Å². The molecular weight excluding hydrogens is 512 g/mol. The van der Waals surface area contributed by atoms with Gasteiger partial charge in [-0.05, 0) is 114 Å². The van der Waals surface area contributed by atoms with Crippen molar-refractivity contribution in [1.82, 2.24) is 0 Å². The van der Waals surface area contributed by atoms with Crippen LogP contribution in [0.15, 0.2) is 119 Å². The molecule has 0 amide bonds. The normalized spacial score (nSPS) is 14.4. The van der Waals surface area contributed by atoms with Crippen molar-refractivity contribution < 1.29 is 8.42 Å². The van der Waals surface area contributed by atoms with Crippen LogP contribution in [-0.4, -0.2) is 14.7 Å². The van der Waals surface area contributed by atoms with Gasteiger partial charge in [0.2, 0.25) is 0 Å². The van der Waals surface area contributed by atoms with E-state index in [1.165, 1.54) is 71.6 Å². The molecule has 0 saturated carbocycles. The van der Waals surface area contributed by atoms with Gasteiger partial charge in [0.15, 0.2) is 9.84 Å². The van der Waals surface area contributed by atoms with Gasteiger partial charge >= 0.3 is 0 Å². The second kappa shape index (κ2) is 9.25. The molecule has 0 saturated heterocycles. The van der Waals surface area contributed by atoms with E-state index in [-0.39, 0.29) is 0 Å². The average Bonchev–Trinajstić information content (AvgIpc) is 2.96. The molecule has 0 heterocycles. The van der Waals surface area contributed by atoms with Crippen molar-refractivity contribution in [3.8, 4) is 11.1 Å². The minimum Gasteiger partial charge on any atom is -0.225 e. The minimum atomic E-state index is -3.21. The number of aryl methyl sites for hydroxylation is 1. The minimum absolute atomic E-state index is 0.471. The van der Waals surface area contributed by atoms with Crippen molar-refractivity contribution >= 4 is 64.7 Å². The Balaban J connectivity index is 1.40. The summed E-state index contributed by atoms with van der Waals surface area (Å²) in [5, 5.41) is 21.6. The molecule has 0 aromatic heterocycles. The molecule has 0 spiro atoms. The second-order valence-electron chi connectivity index (χ2n) is 10.4. The highest BCUT2D eigenvalue weighted by Crippen LogP contribution is 2.46. The Morgan fingerprint density at radius 2 is 1.68 bits per heavy atom. The SMILES string of the molecule is C=CC(=C\C=C\S(C)(=O)=O)/N=N\c1ccc(-c2c3cccc4ccc5cc6c7c(ccc2c7c5c43)CCC=6)cc1. The van der Waals surface area contributed by atoms with Crippen LogP contribution < -0.4 is 5.22 Å². The van der Waals surface area contributed by atoms with E-state index >= 15 is 0 Å². The standard InChI is InChI=1S/C35H26N2O2S/c1-3-27(10-6-20-40(2,38)39)36-37-28-17-14-24(15-18-28)32-29-11-5-8-23-12-13-26-21-25-9-4-7-22-16-19-30(32)35(31(22)25)34(26)33(23)29/h3,5-6,8-21H,1,4,7H2,2H3/b20-6+,27-10+,37-36-. The van der Waals surface area contributed by atoms with Crippen LogP contribution in [0, 0.1) is 0 Å². The molecule has 5 heteroatoms. The number of hydrogen-bond donors (Lipinski definition) is 0. The summed E-state index contributed by atoms with van der Waals surface area (Å²) in [6.45, 7) is 3.75. The van der Waals surface area contributed by atoms with Crippen LogP contribution in [0.4, 0.5) is 5.69 Å². The molecule has 40 heavy (non-hydrogen) atoms. The molecule has 0 fully saturated rings. The van der Waals surface area contributed by atoms with E-state index in [4.69, 9.17) is 0 Å². The number of benzene rings is 6. The lowest BCUT2D eigenvalue weighted by atomic mass is 9.81. The maximum absolute atomic E-state index is 11.3. The molecule has 0 atom stereocenters. The fourth-order valence-electron chi connectivity index (χ4n) is 6.12. The Kier molecular flexibility index (Phi) is 5.65. The zero-order chi connectivity index (χ0) is 27.4. The van der Waals surface area contributed by atoms with Crippen LogP contribution in [0.25, 0.3) is 60.3 Å². The van der Waals surface area contributed by atoms with E-state index in [1.807, 2.05) is 12.1 Å². The van der Waals surface area contributed by atoms with E-state index in [2.05, 4.69) is 83.5 Å². The third-order valence-corrected chi connectivity index (χ3v) is 8.43. The van der Waals surface area contributed by atoms with Crippen molar-refractivity contribution in [2.24, 2.45) is 10.2 Å². The van der Waals surface area contributed by atoms with Gasteiger partial charge in [-0.25, -0.2) is 8.42 Å². The van der Waals surface area contributed by atoms with Crippen molar-refractivity contribution in [3.63, 3.8) is 0 Å². The first kappa shape index (κ1) is 24.4. The summed E-state index contributed by atoms with van der Waals surface area (Å²) in [6, 6.07) is 26.3. The van der Waals surface area contributed by atoms with Gasteiger partial charge in [-0.1, -0.05) is 67.3 Å². The van der Waals surface area contributed by atoms with Gasteiger partial charge in [0.25, 0.3) is 0 Å². The van der Waals surface area contributed by atoms with E-state index in [0.717, 1.165) is 30.1 Å². The van der Waals surface area contributed by atoms with Crippen LogP contribution in [0.5, 0.6) is 0 Å². The largest absolute Gasteiger partial charge is 0.225 e. The fourth-order valence-corrected chi connectivity index (χ4v) is 6.48. The molecule has 0 bridgehead atoms. The van der Waals surface area contributed by atoms with Gasteiger partial charge in [-0.2, -0.15) is 10.2 Å². The van der Waals surface area contributed by atoms with Gasteiger partial charge in [0.1, 0.15) is 0 Å². The smallest absolute Gasteiger partial charge is 0.168 e. The van der Waals surface area contributed by atoms with Crippen LogP contribution >= 0.6 is 0 Å². The summed E-state index contributed by atoms with van der Waals surface area (Å²) in [5.41, 5.74) is 4.97. The average molecular weight is 539 g/mol. The molecule has 7 rings (SSSR count). The van der Waals surface area contributed by atoms with Crippen molar-refractivity contribution in [1.29, 1.82) is 0 Å². The highest BCUT2D eigenvalue weighted by atomic mass is 32.2. The Labute approximate surface area is 232 Å². The van der Waals surface area contributed by atoms with E-state index in [1.54, 1.807) is 6.08 Å². The zero-order valence-electron chi connectivity index (χ0n) is 22.1. The molecule has 1 aliphatic rings. The molecule has 194 valence electrons. The van der Waals surface area contributed by atoms with Gasteiger partial charge in [-0.15, -0.1) is 0 Å². The quantitative estimate of drug-likeness (QED) is 0.0923. The Bertz CT molecular complexity index is 2240. The summed E-state index contributed by atoms with van der Waals surface area (Å²) in [7, 11) is -3.21. The monoisotopic (exact) mass is 538 g/mol. The van der Waals surface area contributed by atoms with E-state index in [0.29, 0.717) is 11.4 Å². The molecule has 0 unspecified atom stereocenters. The lowest BCUT2D eigenvalue weighted by Crippen LogP contribution is -2.11. The Morgan fingerprint density at radius 1 is 0.875 bits per heavy atom. The van der Waals surface area contributed by atoms with Crippen LogP contribution in [0.3, 0.4) is 0 Å². The van der Waals surface area contributed by atoms with Crippen molar-refractivity contribution in [2.75, 3.05) is 6.26 Å². The number of hydrogen-bond acceptors (Lipinski definition) is 4. The second-order valence-corrected chi connectivity index (χ2v) is 12.3. The summed E-state index contributed by atoms with van der Waals surface area (Å²) in [6.07, 6.45) is 10.2.